The SMILES string of the molecule is Cc1ccc2nc([C@H]3CCCN3Cc3nc4ccccc4nc3C)[nH]c2c1. The summed E-state index contributed by atoms with van der Waals surface area (Å²) in [7, 11) is 0. The van der Waals surface area contributed by atoms with Gasteiger partial charge in [-0.3, -0.25) is 4.90 Å². The smallest absolute Gasteiger partial charge is 0.124 e. The van der Waals surface area contributed by atoms with Crippen LogP contribution in [0.3, 0.4) is 0 Å². The molecule has 1 atom stereocenters. The lowest BCUT2D eigenvalue weighted by Crippen LogP contribution is -2.24. The van der Waals surface area contributed by atoms with Crippen molar-refractivity contribution in [1.29, 1.82) is 0 Å². The molecule has 0 bridgehead atoms. The number of H-pyrrole nitrogens is 1. The second-order valence-electron chi connectivity index (χ2n) is 7.52. The Morgan fingerprint density at radius 3 is 2.67 bits per heavy atom. The molecule has 0 saturated carbocycles. The molecule has 1 N–H and O–H groups in total. The Balaban J connectivity index is 1.46. The van der Waals surface area contributed by atoms with Gasteiger partial charge in [0.05, 0.1) is 39.5 Å². The molecule has 0 amide bonds. The minimum Gasteiger partial charge on any atom is -0.341 e. The van der Waals surface area contributed by atoms with Crippen LogP contribution >= 0.6 is 0 Å². The van der Waals surface area contributed by atoms with Crippen molar-refractivity contribution in [2.45, 2.75) is 39.3 Å². The summed E-state index contributed by atoms with van der Waals surface area (Å²) >= 11 is 0. The third-order valence-electron chi connectivity index (χ3n) is 5.53. The van der Waals surface area contributed by atoms with E-state index in [1.165, 1.54) is 12.0 Å². The summed E-state index contributed by atoms with van der Waals surface area (Å²) < 4.78 is 0. The van der Waals surface area contributed by atoms with Gasteiger partial charge in [0.1, 0.15) is 5.82 Å². The quantitative estimate of drug-likeness (QED) is 0.588. The van der Waals surface area contributed by atoms with Gasteiger partial charge in [-0.25, -0.2) is 15.0 Å². The summed E-state index contributed by atoms with van der Waals surface area (Å²) in [6, 6.07) is 14.8. The first-order valence-electron chi connectivity index (χ1n) is 9.60. The molecular formula is C22H23N5. The lowest BCUT2D eigenvalue weighted by molar-refractivity contribution is 0.238. The molecule has 1 fully saturated rings. The molecule has 2 aromatic carbocycles. The van der Waals surface area contributed by atoms with Gasteiger partial charge in [-0.1, -0.05) is 18.2 Å². The first kappa shape index (κ1) is 16.4. The molecule has 0 radical (unpaired) electrons. The van der Waals surface area contributed by atoms with E-state index in [2.05, 4.69) is 41.9 Å². The summed E-state index contributed by atoms with van der Waals surface area (Å²) in [5, 5.41) is 0. The van der Waals surface area contributed by atoms with Crippen LogP contribution < -0.4 is 0 Å². The fraction of sp³-hybridized carbons (Fsp3) is 0.318. The van der Waals surface area contributed by atoms with Crippen molar-refractivity contribution in [3.8, 4) is 0 Å². The number of benzene rings is 2. The van der Waals surface area contributed by atoms with E-state index in [9.17, 15) is 0 Å². The highest BCUT2D eigenvalue weighted by Crippen LogP contribution is 2.33. The summed E-state index contributed by atoms with van der Waals surface area (Å²) in [5.41, 5.74) is 7.43. The lowest BCUT2D eigenvalue weighted by Gasteiger charge is -2.23. The van der Waals surface area contributed by atoms with Gasteiger partial charge in [0.15, 0.2) is 0 Å². The van der Waals surface area contributed by atoms with E-state index in [-0.39, 0.29) is 0 Å². The molecule has 136 valence electrons. The molecule has 5 heteroatoms. The molecule has 3 heterocycles. The van der Waals surface area contributed by atoms with Crippen LogP contribution in [0.1, 0.15) is 41.7 Å². The number of para-hydroxylation sites is 2. The van der Waals surface area contributed by atoms with Crippen molar-refractivity contribution >= 4 is 22.1 Å². The Bertz CT molecular complexity index is 1130. The molecule has 1 aliphatic heterocycles. The number of aromatic amines is 1. The number of hydrogen-bond acceptors (Lipinski definition) is 4. The van der Waals surface area contributed by atoms with E-state index in [1.807, 2.05) is 24.3 Å². The van der Waals surface area contributed by atoms with Crippen LogP contribution in [0.4, 0.5) is 0 Å². The standard InChI is InChI=1S/C22H23N5/c1-14-9-10-18-19(12-14)26-22(25-18)21-8-5-11-27(21)13-20-15(2)23-16-6-3-4-7-17(16)24-20/h3-4,6-7,9-10,12,21H,5,8,11,13H2,1-2H3,(H,25,26)/t21-/m1/s1. The van der Waals surface area contributed by atoms with Crippen LogP contribution in [0.15, 0.2) is 42.5 Å². The Hall–Kier alpha value is -2.79. The van der Waals surface area contributed by atoms with Crippen molar-refractivity contribution in [3.05, 3.63) is 65.2 Å². The summed E-state index contributed by atoms with van der Waals surface area (Å²) in [4.78, 5) is 20.5. The number of rotatable bonds is 3. The largest absolute Gasteiger partial charge is 0.341 e. The molecular weight excluding hydrogens is 334 g/mol. The monoisotopic (exact) mass is 357 g/mol. The van der Waals surface area contributed by atoms with Crippen molar-refractivity contribution in [2.75, 3.05) is 6.54 Å². The summed E-state index contributed by atoms with van der Waals surface area (Å²) in [6.45, 7) is 6.05. The molecule has 1 saturated heterocycles. The Labute approximate surface area is 158 Å². The van der Waals surface area contributed by atoms with Crippen molar-refractivity contribution in [1.82, 2.24) is 24.8 Å². The zero-order valence-electron chi connectivity index (χ0n) is 15.7. The van der Waals surface area contributed by atoms with E-state index in [0.29, 0.717) is 6.04 Å². The van der Waals surface area contributed by atoms with Crippen LogP contribution in [0.2, 0.25) is 0 Å². The van der Waals surface area contributed by atoms with Crippen LogP contribution in [0.5, 0.6) is 0 Å². The number of aromatic nitrogens is 4. The minimum atomic E-state index is 0.311. The van der Waals surface area contributed by atoms with Gasteiger partial charge in [-0.05, 0) is 63.1 Å². The van der Waals surface area contributed by atoms with Gasteiger partial charge in [0, 0.05) is 6.54 Å². The molecule has 5 rings (SSSR count). The van der Waals surface area contributed by atoms with Crippen molar-refractivity contribution < 1.29 is 0 Å². The third kappa shape index (κ3) is 2.98. The average molecular weight is 357 g/mol. The second-order valence-corrected chi connectivity index (χ2v) is 7.52. The highest BCUT2D eigenvalue weighted by atomic mass is 15.2. The fourth-order valence-electron chi connectivity index (χ4n) is 4.09. The van der Waals surface area contributed by atoms with Crippen LogP contribution in [-0.4, -0.2) is 31.4 Å². The normalized spacial score (nSPS) is 17.9. The number of imidazole rings is 1. The van der Waals surface area contributed by atoms with Gasteiger partial charge in [0.2, 0.25) is 0 Å². The minimum absolute atomic E-state index is 0.311. The lowest BCUT2D eigenvalue weighted by atomic mass is 10.2. The average Bonchev–Trinajstić information content (AvgIpc) is 3.28. The molecule has 1 aliphatic rings. The summed E-state index contributed by atoms with van der Waals surface area (Å²) in [6.07, 6.45) is 2.31. The molecule has 0 unspecified atom stereocenters. The van der Waals surface area contributed by atoms with E-state index >= 15 is 0 Å². The van der Waals surface area contributed by atoms with Gasteiger partial charge < -0.3 is 4.98 Å². The first-order chi connectivity index (χ1) is 13.2. The number of likely N-dealkylation sites (tertiary alicyclic amines) is 1. The maximum Gasteiger partial charge on any atom is 0.124 e. The zero-order valence-corrected chi connectivity index (χ0v) is 15.7. The molecule has 0 aliphatic carbocycles. The molecule has 2 aromatic heterocycles. The summed E-state index contributed by atoms with van der Waals surface area (Å²) in [5.74, 6) is 1.07. The topological polar surface area (TPSA) is 57.7 Å². The zero-order chi connectivity index (χ0) is 18.4. The Morgan fingerprint density at radius 2 is 1.81 bits per heavy atom. The van der Waals surface area contributed by atoms with Crippen molar-refractivity contribution in [2.24, 2.45) is 0 Å². The van der Waals surface area contributed by atoms with E-state index in [0.717, 1.165) is 58.8 Å². The maximum atomic E-state index is 4.89. The van der Waals surface area contributed by atoms with Gasteiger partial charge in [0.25, 0.3) is 0 Å². The van der Waals surface area contributed by atoms with E-state index in [4.69, 9.17) is 15.0 Å². The van der Waals surface area contributed by atoms with Crippen LogP contribution in [-0.2, 0) is 6.54 Å². The Kier molecular flexibility index (Phi) is 3.90. The fourth-order valence-corrected chi connectivity index (χ4v) is 4.09. The van der Waals surface area contributed by atoms with Crippen molar-refractivity contribution in [3.63, 3.8) is 0 Å². The Morgan fingerprint density at radius 1 is 1.00 bits per heavy atom. The predicted molar refractivity (Wildman–Crippen MR) is 107 cm³/mol. The third-order valence-corrected chi connectivity index (χ3v) is 5.53. The first-order valence-corrected chi connectivity index (χ1v) is 9.60. The molecule has 5 nitrogen and oxygen atoms in total. The number of fused-ring (bicyclic) bond motifs is 2. The van der Waals surface area contributed by atoms with Gasteiger partial charge in [-0.15, -0.1) is 0 Å². The highest BCUT2D eigenvalue weighted by molar-refractivity contribution is 5.76. The molecule has 4 aromatic rings. The van der Waals surface area contributed by atoms with E-state index in [1.54, 1.807) is 0 Å². The van der Waals surface area contributed by atoms with Crippen LogP contribution in [0.25, 0.3) is 22.1 Å². The second kappa shape index (κ2) is 6.43. The number of aryl methyl sites for hydroxylation is 2. The van der Waals surface area contributed by atoms with E-state index < -0.39 is 0 Å². The highest BCUT2D eigenvalue weighted by Gasteiger charge is 2.29. The number of nitrogens with zero attached hydrogens (tertiary/aromatic N) is 4. The van der Waals surface area contributed by atoms with Crippen LogP contribution in [0, 0.1) is 13.8 Å². The molecule has 0 spiro atoms. The van der Waals surface area contributed by atoms with Gasteiger partial charge >= 0.3 is 0 Å². The number of nitrogens with one attached hydrogen (secondary N) is 1. The van der Waals surface area contributed by atoms with Gasteiger partial charge in [-0.2, -0.15) is 0 Å². The maximum absolute atomic E-state index is 4.89. The number of hydrogen-bond donors (Lipinski definition) is 1. The predicted octanol–water partition coefficient (Wildman–Crippen LogP) is 4.46. The molecule has 27 heavy (non-hydrogen) atoms.